The lowest BCUT2D eigenvalue weighted by atomic mass is 9.83. The maximum Gasteiger partial charge on any atom is 0.337 e. The summed E-state index contributed by atoms with van der Waals surface area (Å²) < 4.78 is 0. The molecule has 33 heavy (non-hydrogen) atoms. The number of nitrogens with two attached hydrogens (primary N) is 1. The number of aromatic carboxylic acids is 1. The van der Waals surface area contributed by atoms with Crippen LogP contribution in [0.25, 0.3) is 0 Å². The third kappa shape index (κ3) is 5.04. The van der Waals surface area contributed by atoms with Crippen LogP contribution >= 0.6 is 11.3 Å². The van der Waals surface area contributed by atoms with Crippen LogP contribution in [0.3, 0.4) is 0 Å². The van der Waals surface area contributed by atoms with Crippen LogP contribution < -0.4 is 16.0 Å². The van der Waals surface area contributed by atoms with Crippen molar-refractivity contribution in [1.29, 1.82) is 0 Å². The minimum atomic E-state index is -1.10. The zero-order valence-corrected chi connectivity index (χ0v) is 19.4. The summed E-state index contributed by atoms with van der Waals surface area (Å²) in [5.74, 6) is -1.61. The lowest BCUT2D eigenvalue weighted by molar-refractivity contribution is -0.132. The van der Waals surface area contributed by atoms with Crippen molar-refractivity contribution in [3.63, 3.8) is 0 Å². The number of carboxylic acids is 1. The fourth-order valence-electron chi connectivity index (χ4n) is 4.96. The number of hydrogen-bond acceptors (Lipinski definition) is 6. The Morgan fingerprint density at radius 2 is 1.79 bits per heavy atom. The standard InChI is InChI=1S/C24H30N4O4S/c25-23(32)24(28-10-2-1-3-11-28)8-12-27(13-9-24)17-6-7-20(19(15-17)22(30)31)26-21(29)16-18-5-4-14-33-18/h4-7,14-15H,1-3,8-13,16H2,(H2,25,32)(H,26,29)(H,30,31). The van der Waals surface area contributed by atoms with Crippen molar-refractivity contribution >= 4 is 40.5 Å². The quantitative estimate of drug-likeness (QED) is 0.573. The second-order valence-corrected chi connectivity index (χ2v) is 9.80. The monoisotopic (exact) mass is 470 g/mol. The number of benzene rings is 1. The van der Waals surface area contributed by atoms with Gasteiger partial charge >= 0.3 is 5.97 Å². The van der Waals surface area contributed by atoms with Gasteiger partial charge in [-0.1, -0.05) is 12.5 Å². The normalized spacial score (nSPS) is 18.6. The van der Waals surface area contributed by atoms with Crippen LogP contribution in [0, 0.1) is 0 Å². The van der Waals surface area contributed by atoms with Crippen molar-refractivity contribution < 1.29 is 19.5 Å². The van der Waals surface area contributed by atoms with Crippen LogP contribution in [0.1, 0.15) is 47.3 Å². The maximum atomic E-state index is 12.5. The smallest absolute Gasteiger partial charge is 0.337 e. The highest BCUT2D eigenvalue weighted by Crippen LogP contribution is 2.34. The minimum absolute atomic E-state index is 0.0507. The number of nitrogens with zero attached hydrogens (tertiary/aromatic N) is 2. The molecule has 1 aromatic heterocycles. The van der Waals surface area contributed by atoms with Gasteiger partial charge in [0.25, 0.3) is 0 Å². The first-order valence-corrected chi connectivity index (χ1v) is 12.3. The first kappa shape index (κ1) is 23.3. The third-order valence-corrected chi connectivity index (χ3v) is 7.67. The molecule has 2 fully saturated rings. The first-order chi connectivity index (χ1) is 15.9. The van der Waals surface area contributed by atoms with Gasteiger partial charge in [-0.05, 0) is 68.4 Å². The minimum Gasteiger partial charge on any atom is -0.478 e. The predicted octanol–water partition coefficient (Wildman–Crippen LogP) is 2.94. The Kier molecular flexibility index (Phi) is 6.99. The van der Waals surface area contributed by atoms with Gasteiger partial charge in [0.15, 0.2) is 0 Å². The van der Waals surface area contributed by atoms with Gasteiger partial charge in [0, 0.05) is 23.7 Å². The summed E-state index contributed by atoms with van der Waals surface area (Å²) in [7, 11) is 0. The number of amides is 2. The second kappa shape index (κ2) is 9.93. The molecule has 9 heteroatoms. The van der Waals surface area contributed by atoms with E-state index >= 15 is 0 Å². The molecule has 4 N–H and O–H groups in total. The van der Waals surface area contributed by atoms with Gasteiger partial charge < -0.3 is 21.1 Å². The Morgan fingerprint density at radius 3 is 2.39 bits per heavy atom. The topological polar surface area (TPSA) is 116 Å². The van der Waals surface area contributed by atoms with E-state index in [0.29, 0.717) is 25.9 Å². The SMILES string of the molecule is NC(=O)C1(N2CCCCC2)CCN(c2ccc(NC(=O)Cc3cccs3)c(C(=O)O)c2)CC1. The van der Waals surface area contributed by atoms with E-state index in [9.17, 15) is 19.5 Å². The van der Waals surface area contributed by atoms with Gasteiger partial charge in [0.2, 0.25) is 11.8 Å². The molecule has 8 nitrogen and oxygen atoms in total. The average molecular weight is 471 g/mol. The summed E-state index contributed by atoms with van der Waals surface area (Å²) in [6.07, 6.45) is 4.79. The second-order valence-electron chi connectivity index (χ2n) is 8.77. The van der Waals surface area contributed by atoms with Crippen molar-refractivity contribution in [2.75, 3.05) is 36.4 Å². The molecule has 0 spiro atoms. The van der Waals surface area contributed by atoms with E-state index in [4.69, 9.17) is 5.73 Å². The molecule has 0 radical (unpaired) electrons. The van der Waals surface area contributed by atoms with Gasteiger partial charge in [0.05, 0.1) is 17.7 Å². The van der Waals surface area contributed by atoms with Crippen LogP contribution in [0.2, 0.25) is 0 Å². The number of piperidine rings is 2. The first-order valence-electron chi connectivity index (χ1n) is 11.4. The Morgan fingerprint density at radius 1 is 1.06 bits per heavy atom. The summed E-state index contributed by atoms with van der Waals surface area (Å²) in [6, 6.07) is 8.82. The van der Waals surface area contributed by atoms with Gasteiger partial charge in [-0.2, -0.15) is 0 Å². The molecule has 2 saturated heterocycles. The number of primary amides is 1. The highest BCUT2D eigenvalue weighted by atomic mass is 32.1. The summed E-state index contributed by atoms with van der Waals surface area (Å²) >= 11 is 1.49. The Hall–Kier alpha value is -2.91. The van der Waals surface area contributed by atoms with Gasteiger partial charge in [-0.15, -0.1) is 11.3 Å². The number of carbonyl (C=O) groups is 3. The summed E-state index contributed by atoms with van der Waals surface area (Å²) in [5, 5.41) is 14.4. The zero-order chi connectivity index (χ0) is 23.4. The summed E-state index contributed by atoms with van der Waals surface area (Å²) in [4.78, 5) is 42.0. The van der Waals surface area contributed by atoms with E-state index in [2.05, 4.69) is 15.1 Å². The van der Waals surface area contributed by atoms with Crippen molar-refractivity contribution in [3.05, 3.63) is 46.2 Å². The molecule has 2 aromatic rings. The van der Waals surface area contributed by atoms with E-state index in [-0.39, 0.29) is 29.5 Å². The molecule has 176 valence electrons. The van der Waals surface area contributed by atoms with E-state index in [1.807, 2.05) is 23.6 Å². The van der Waals surface area contributed by atoms with Gasteiger partial charge in [0.1, 0.15) is 5.54 Å². The fraction of sp³-hybridized carbons (Fsp3) is 0.458. The summed E-state index contributed by atoms with van der Waals surface area (Å²) in [5.41, 5.74) is 6.35. The largest absolute Gasteiger partial charge is 0.478 e. The molecular formula is C24H30N4O4S. The molecule has 2 aliphatic rings. The van der Waals surface area contributed by atoms with E-state index in [1.54, 1.807) is 12.1 Å². The number of hydrogen-bond donors (Lipinski definition) is 3. The molecular weight excluding hydrogens is 440 g/mol. The molecule has 2 amide bonds. The van der Waals surface area contributed by atoms with Crippen LogP contribution in [-0.2, 0) is 16.0 Å². The van der Waals surface area contributed by atoms with Crippen molar-refractivity contribution in [2.24, 2.45) is 5.73 Å². The number of nitrogens with one attached hydrogen (secondary N) is 1. The molecule has 0 unspecified atom stereocenters. The van der Waals surface area contributed by atoms with E-state index in [0.717, 1.165) is 36.5 Å². The highest BCUT2D eigenvalue weighted by Gasteiger charge is 2.45. The van der Waals surface area contributed by atoms with Crippen LogP contribution in [0.4, 0.5) is 11.4 Å². The maximum absolute atomic E-state index is 12.5. The van der Waals surface area contributed by atoms with Crippen molar-refractivity contribution in [2.45, 2.75) is 44.1 Å². The number of thiophene rings is 1. The van der Waals surface area contributed by atoms with Crippen LogP contribution in [-0.4, -0.2) is 59.5 Å². The summed E-state index contributed by atoms with van der Waals surface area (Å²) in [6.45, 7) is 3.02. The Labute approximate surface area is 197 Å². The molecule has 4 rings (SSSR count). The van der Waals surface area contributed by atoms with E-state index < -0.39 is 11.5 Å². The number of anilines is 2. The molecule has 0 aliphatic carbocycles. The van der Waals surface area contributed by atoms with E-state index in [1.165, 1.54) is 17.8 Å². The Bertz CT molecular complexity index is 1010. The highest BCUT2D eigenvalue weighted by molar-refractivity contribution is 7.10. The molecule has 2 aliphatic heterocycles. The zero-order valence-electron chi connectivity index (χ0n) is 18.6. The molecule has 0 saturated carbocycles. The lowest BCUT2D eigenvalue weighted by Crippen LogP contribution is -2.63. The third-order valence-electron chi connectivity index (χ3n) is 6.80. The molecule has 1 aromatic carbocycles. The molecule has 0 atom stereocenters. The predicted molar refractivity (Wildman–Crippen MR) is 129 cm³/mol. The number of rotatable bonds is 7. The van der Waals surface area contributed by atoms with Crippen LogP contribution in [0.5, 0.6) is 0 Å². The number of carbonyl (C=O) groups excluding carboxylic acids is 2. The van der Waals surface area contributed by atoms with Gasteiger partial charge in [-0.25, -0.2) is 4.79 Å². The molecule has 3 heterocycles. The molecule has 0 bridgehead atoms. The van der Waals surface area contributed by atoms with Crippen LogP contribution in [0.15, 0.2) is 35.7 Å². The van der Waals surface area contributed by atoms with Gasteiger partial charge in [-0.3, -0.25) is 14.5 Å². The average Bonchev–Trinajstić information content (AvgIpc) is 3.32. The number of carboxylic acid groups (broad SMARTS) is 1. The number of likely N-dealkylation sites (tertiary alicyclic amines) is 1. The van der Waals surface area contributed by atoms with Crippen molar-refractivity contribution in [1.82, 2.24) is 4.90 Å². The van der Waals surface area contributed by atoms with Crippen molar-refractivity contribution in [3.8, 4) is 0 Å². The fourth-order valence-corrected chi connectivity index (χ4v) is 5.66. The Balaban J connectivity index is 1.47. The lowest BCUT2D eigenvalue weighted by Gasteiger charge is -2.48.